The Hall–Kier alpha value is -1.10. The first kappa shape index (κ1) is 12.4. The predicted octanol–water partition coefficient (Wildman–Crippen LogP) is 2.95. The van der Waals surface area contributed by atoms with Gasteiger partial charge in [-0.1, -0.05) is 12.8 Å². The van der Waals surface area contributed by atoms with Gasteiger partial charge in [-0.2, -0.15) is 0 Å². The van der Waals surface area contributed by atoms with Crippen LogP contribution in [0.1, 0.15) is 32.1 Å². The van der Waals surface area contributed by atoms with Crippen LogP contribution in [0.3, 0.4) is 0 Å². The van der Waals surface area contributed by atoms with Crippen molar-refractivity contribution in [2.24, 2.45) is 5.92 Å². The minimum absolute atomic E-state index is 0.0369. The Kier molecular flexibility index (Phi) is 3.99. The van der Waals surface area contributed by atoms with Gasteiger partial charge in [-0.25, -0.2) is 4.98 Å². The number of rotatable bonds is 3. The second kappa shape index (κ2) is 5.49. The molecule has 4 nitrogen and oxygen atoms in total. The van der Waals surface area contributed by atoms with Gasteiger partial charge in [-0.3, -0.25) is 4.79 Å². The number of nitrogen functional groups attached to an aromatic ring is 1. The molecule has 0 bridgehead atoms. The molecule has 0 saturated heterocycles. The van der Waals surface area contributed by atoms with Gasteiger partial charge in [0, 0.05) is 6.42 Å². The Labute approximate surface area is 109 Å². The Morgan fingerprint density at radius 2 is 2.24 bits per heavy atom. The molecule has 0 radical (unpaired) electrons. The fraction of sp³-hybridized carbons (Fsp3) is 0.500. The summed E-state index contributed by atoms with van der Waals surface area (Å²) in [5.74, 6) is 1.12. The minimum atomic E-state index is 0.0369. The lowest BCUT2D eigenvalue weighted by atomic mass is 10.0. The molecule has 1 aromatic heterocycles. The molecule has 1 heterocycles. The number of pyridine rings is 1. The van der Waals surface area contributed by atoms with Crippen LogP contribution in [0.2, 0.25) is 0 Å². The molecule has 0 aromatic carbocycles. The number of hydrogen-bond acceptors (Lipinski definition) is 3. The predicted molar refractivity (Wildman–Crippen MR) is 71.6 cm³/mol. The quantitative estimate of drug-likeness (QED) is 0.901. The van der Waals surface area contributed by atoms with Gasteiger partial charge in [-0.05, 0) is 40.8 Å². The van der Waals surface area contributed by atoms with E-state index in [1.54, 1.807) is 6.07 Å². The van der Waals surface area contributed by atoms with Crippen molar-refractivity contribution in [3.63, 3.8) is 0 Å². The molecule has 2 rings (SSSR count). The lowest BCUT2D eigenvalue weighted by Gasteiger charge is -2.10. The molecule has 1 amide bonds. The van der Waals surface area contributed by atoms with Gasteiger partial charge in [0.05, 0.1) is 16.4 Å². The average Bonchev–Trinajstić information content (AvgIpc) is 2.75. The summed E-state index contributed by atoms with van der Waals surface area (Å²) in [6.07, 6.45) is 6.98. The van der Waals surface area contributed by atoms with E-state index < -0.39 is 0 Å². The standard InChI is InChI=1S/C12H16BrN3O/c13-10-6-9(14)7-15-12(10)16-11(17)5-8-3-1-2-4-8/h6-8H,1-5,14H2,(H,15,16,17). The third kappa shape index (κ3) is 3.43. The van der Waals surface area contributed by atoms with Crippen LogP contribution >= 0.6 is 15.9 Å². The summed E-state index contributed by atoms with van der Waals surface area (Å²) in [5, 5.41) is 2.81. The van der Waals surface area contributed by atoms with Crippen molar-refractivity contribution in [3.8, 4) is 0 Å². The van der Waals surface area contributed by atoms with E-state index in [4.69, 9.17) is 5.73 Å². The van der Waals surface area contributed by atoms with E-state index in [1.165, 1.54) is 31.9 Å². The van der Waals surface area contributed by atoms with Crippen molar-refractivity contribution in [1.29, 1.82) is 0 Å². The molecule has 0 spiro atoms. The number of carbonyl (C=O) groups is 1. The monoisotopic (exact) mass is 297 g/mol. The van der Waals surface area contributed by atoms with Gasteiger partial charge in [0.25, 0.3) is 0 Å². The van der Waals surface area contributed by atoms with Crippen LogP contribution in [0, 0.1) is 5.92 Å². The lowest BCUT2D eigenvalue weighted by molar-refractivity contribution is -0.117. The number of amides is 1. The van der Waals surface area contributed by atoms with Crippen LogP contribution in [0.15, 0.2) is 16.7 Å². The van der Waals surface area contributed by atoms with Gasteiger partial charge >= 0.3 is 0 Å². The maximum absolute atomic E-state index is 11.8. The lowest BCUT2D eigenvalue weighted by Crippen LogP contribution is -2.16. The molecular formula is C12H16BrN3O. The van der Waals surface area contributed by atoms with Crippen LogP contribution in [-0.4, -0.2) is 10.9 Å². The number of hydrogen-bond donors (Lipinski definition) is 2. The number of nitrogens with one attached hydrogen (secondary N) is 1. The summed E-state index contributed by atoms with van der Waals surface area (Å²) >= 11 is 3.33. The topological polar surface area (TPSA) is 68.0 Å². The molecule has 1 aliphatic carbocycles. The Bertz CT molecular complexity index is 416. The van der Waals surface area contributed by atoms with E-state index in [0.717, 1.165) is 4.47 Å². The molecule has 0 atom stereocenters. The fourth-order valence-electron chi connectivity index (χ4n) is 2.20. The van der Waals surface area contributed by atoms with E-state index in [9.17, 15) is 4.79 Å². The molecule has 0 unspecified atom stereocenters. The summed E-state index contributed by atoms with van der Waals surface area (Å²) in [6, 6.07) is 1.73. The Morgan fingerprint density at radius 3 is 2.88 bits per heavy atom. The molecular weight excluding hydrogens is 282 g/mol. The zero-order valence-corrected chi connectivity index (χ0v) is 11.2. The highest BCUT2D eigenvalue weighted by Crippen LogP contribution is 2.28. The maximum Gasteiger partial charge on any atom is 0.225 e. The van der Waals surface area contributed by atoms with E-state index in [-0.39, 0.29) is 5.91 Å². The van der Waals surface area contributed by atoms with E-state index >= 15 is 0 Å². The van der Waals surface area contributed by atoms with Crippen molar-refractivity contribution in [2.75, 3.05) is 11.1 Å². The van der Waals surface area contributed by atoms with Crippen molar-refractivity contribution in [2.45, 2.75) is 32.1 Å². The number of aromatic nitrogens is 1. The van der Waals surface area contributed by atoms with Crippen LogP contribution in [-0.2, 0) is 4.79 Å². The summed E-state index contributed by atoms with van der Waals surface area (Å²) in [4.78, 5) is 15.9. The van der Waals surface area contributed by atoms with Crippen molar-refractivity contribution in [1.82, 2.24) is 4.98 Å². The highest BCUT2D eigenvalue weighted by Gasteiger charge is 2.19. The van der Waals surface area contributed by atoms with Crippen LogP contribution in [0.5, 0.6) is 0 Å². The highest BCUT2D eigenvalue weighted by molar-refractivity contribution is 9.10. The van der Waals surface area contributed by atoms with Crippen LogP contribution < -0.4 is 11.1 Å². The van der Waals surface area contributed by atoms with Crippen LogP contribution in [0.25, 0.3) is 0 Å². The molecule has 17 heavy (non-hydrogen) atoms. The summed E-state index contributed by atoms with van der Waals surface area (Å²) in [5.41, 5.74) is 6.16. The molecule has 1 fully saturated rings. The van der Waals surface area contributed by atoms with E-state index in [1.807, 2.05) is 0 Å². The minimum Gasteiger partial charge on any atom is -0.397 e. The number of halogens is 1. The SMILES string of the molecule is Nc1cnc(NC(=O)CC2CCCC2)c(Br)c1. The fourth-order valence-corrected chi connectivity index (χ4v) is 2.67. The molecule has 5 heteroatoms. The normalized spacial score (nSPS) is 16.1. The first-order valence-electron chi connectivity index (χ1n) is 5.86. The average molecular weight is 298 g/mol. The zero-order chi connectivity index (χ0) is 12.3. The Morgan fingerprint density at radius 1 is 1.53 bits per heavy atom. The number of anilines is 2. The van der Waals surface area contributed by atoms with Gasteiger partial charge < -0.3 is 11.1 Å². The van der Waals surface area contributed by atoms with Crippen molar-refractivity contribution in [3.05, 3.63) is 16.7 Å². The third-order valence-corrected chi connectivity index (χ3v) is 3.67. The van der Waals surface area contributed by atoms with E-state index in [0.29, 0.717) is 23.8 Å². The second-order valence-electron chi connectivity index (χ2n) is 4.50. The van der Waals surface area contributed by atoms with Crippen molar-refractivity contribution < 1.29 is 4.79 Å². The third-order valence-electron chi connectivity index (χ3n) is 3.07. The summed E-state index contributed by atoms with van der Waals surface area (Å²) in [7, 11) is 0. The molecule has 92 valence electrons. The summed E-state index contributed by atoms with van der Waals surface area (Å²) < 4.78 is 0.720. The molecule has 0 aliphatic heterocycles. The number of nitrogens with two attached hydrogens (primary N) is 1. The molecule has 1 saturated carbocycles. The number of nitrogens with zero attached hydrogens (tertiary/aromatic N) is 1. The Balaban J connectivity index is 1.93. The van der Waals surface area contributed by atoms with Gasteiger partial charge in [0.15, 0.2) is 0 Å². The smallest absolute Gasteiger partial charge is 0.225 e. The largest absolute Gasteiger partial charge is 0.397 e. The van der Waals surface area contributed by atoms with E-state index in [2.05, 4.69) is 26.2 Å². The maximum atomic E-state index is 11.8. The van der Waals surface area contributed by atoms with Crippen molar-refractivity contribution >= 4 is 33.3 Å². The highest BCUT2D eigenvalue weighted by atomic mass is 79.9. The van der Waals surface area contributed by atoms with Gasteiger partial charge in [0.2, 0.25) is 5.91 Å². The van der Waals surface area contributed by atoms with Gasteiger partial charge in [-0.15, -0.1) is 0 Å². The van der Waals surface area contributed by atoms with Crippen LogP contribution in [0.4, 0.5) is 11.5 Å². The molecule has 1 aromatic rings. The first-order valence-corrected chi connectivity index (χ1v) is 6.65. The summed E-state index contributed by atoms with van der Waals surface area (Å²) in [6.45, 7) is 0. The molecule has 1 aliphatic rings. The number of carbonyl (C=O) groups excluding carboxylic acids is 1. The molecule has 3 N–H and O–H groups in total. The second-order valence-corrected chi connectivity index (χ2v) is 5.36. The van der Waals surface area contributed by atoms with Gasteiger partial charge in [0.1, 0.15) is 5.82 Å². The first-order chi connectivity index (χ1) is 8.15. The zero-order valence-electron chi connectivity index (χ0n) is 9.58.